The largest absolute Gasteiger partial charge is 0.330 e. The van der Waals surface area contributed by atoms with Crippen LogP contribution in [0.15, 0.2) is 0 Å². The first-order chi connectivity index (χ1) is 6.76. The van der Waals surface area contributed by atoms with Crippen molar-refractivity contribution in [3.05, 3.63) is 0 Å². The van der Waals surface area contributed by atoms with Gasteiger partial charge in [0.2, 0.25) is 0 Å². The molecule has 14 heavy (non-hydrogen) atoms. The maximum atomic E-state index is 5.70. The predicted molar refractivity (Wildman–Crippen MR) is 62.3 cm³/mol. The van der Waals surface area contributed by atoms with E-state index in [1.54, 1.807) is 0 Å². The second-order valence-electron chi connectivity index (χ2n) is 4.82. The summed E-state index contributed by atoms with van der Waals surface area (Å²) in [6, 6.07) is 0. The zero-order valence-corrected chi connectivity index (χ0v) is 9.84. The number of likely N-dealkylation sites (tertiary alicyclic amines) is 1. The van der Waals surface area contributed by atoms with Gasteiger partial charge in [0, 0.05) is 0 Å². The molecule has 1 unspecified atom stereocenters. The van der Waals surface area contributed by atoms with Gasteiger partial charge in [-0.1, -0.05) is 20.3 Å². The standard InChI is InChI=1S/C12H26N2/c1-3-12(10-13)6-9-14-7-4-11(2)5-8-14/h11-12H,3-10,13H2,1-2H3. The zero-order chi connectivity index (χ0) is 10.4. The van der Waals surface area contributed by atoms with E-state index >= 15 is 0 Å². The molecule has 1 aliphatic rings. The molecule has 1 heterocycles. The minimum absolute atomic E-state index is 0.745. The summed E-state index contributed by atoms with van der Waals surface area (Å²) >= 11 is 0. The lowest BCUT2D eigenvalue weighted by Crippen LogP contribution is -2.34. The molecular weight excluding hydrogens is 172 g/mol. The molecule has 0 aromatic rings. The van der Waals surface area contributed by atoms with Gasteiger partial charge in [0.1, 0.15) is 0 Å². The molecule has 1 saturated heterocycles. The van der Waals surface area contributed by atoms with Crippen molar-refractivity contribution >= 4 is 0 Å². The first kappa shape index (κ1) is 12.0. The fourth-order valence-electron chi connectivity index (χ4n) is 2.14. The molecule has 0 amide bonds. The molecule has 0 spiro atoms. The molecule has 2 heteroatoms. The lowest BCUT2D eigenvalue weighted by atomic mass is 9.97. The number of nitrogens with two attached hydrogens (primary N) is 1. The van der Waals surface area contributed by atoms with Gasteiger partial charge in [-0.05, 0) is 57.3 Å². The summed E-state index contributed by atoms with van der Waals surface area (Å²) in [5, 5.41) is 0. The van der Waals surface area contributed by atoms with Crippen molar-refractivity contribution in [3.63, 3.8) is 0 Å². The van der Waals surface area contributed by atoms with Gasteiger partial charge in [-0.25, -0.2) is 0 Å². The van der Waals surface area contributed by atoms with Gasteiger partial charge in [-0.3, -0.25) is 0 Å². The maximum absolute atomic E-state index is 5.70. The van der Waals surface area contributed by atoms with Crippen LogP contribution in [0, 0.1) is 11.8 Å². The van der Waals surface area contributed by atoms with Crippen LogP contribution in [0.5, 0.6) is 0 Å². The smallest absolute Gasteiger partial charge is 0.00156 e. The van der Waals surface area contributed by atoms with E-state index < -0.39 is 0 Å². The first-order valence-corrected chi connectivity index (χ1v) is 6.18. The summed E-state index contributed by atoms with van der Waals surface area (Å²) in [4.78, 5) is 2.61. The molecule has 0 aromatic carbocycles. The van der Waals surface area contributed by atoms with Gasteiger partial charge in [0.15, 0.2) is 0 Å². The Morgan fingerprint density at radius 2 is 2.00 bits per heavy atom. The normalized spacial score (nSPS) is 22.5. The van der Waals surface area contributed by atoms with Crippen molar-refractivity contribution in [2.75, 3.05) is 26.2 Å². The van der Waals surface area contributed by atoms with Crippen LogP contribution < -0.4 is 5.73 Å². The minimum Gasteiger partial charge on any atom is -0.330 e. The van der Waals surface area contributed by atoms with Crippen LogP contribution in [-0.4, -0.2) is 31.1 Å². The highest BCUT2D eigenvalue weighted by atomic mass is 15.1. The third kappa shape index (κ3) is 3.97. The molecule has 2 nitrogen and oxygen atoms in total. The second kappa shape index (κ2) is 6.41. The van der Waals surface area contributed by atoms with Crippen LogP contribution in [0.4, 0.5) is 0 Å². The van der Waals surface area contributed by atoms with E-state index in [-0.39, 0.29) is 0 Å². The SMILES string of the molecule is CCC(CN)CCN1CCC(C)CC1. The maximum Gasteiger partial charge on any atom is -0.00156 e. The molecule has 1 atom stereocenters. The summed E-state index contributed by atoms with van der Waals surface area (Å²) < 4.78 is 0. The number of nitrogens with zero attached hydrogens (tertiary/aromatic N) is 1. The Morgan fingerprint density at radius 3 is 2.50 bits per heavy atom. The number of rotatable bonds is 5. The van der Waals surface area contributed by atoms with Crippen molar-refractivity contribution in [2.24, 2.45) is 17.6 Å². The second-order valence-corrected chi connectivity index (χ2v) is 4.82. The van der Waals surface area contributed by atoms with Crippen LogP contribution >= 0.6 is 0 Å². The summed E-state index contributed by atoms with van der Waals surface area (Å²) in [5.41, 5.74) is 5.70. The Hall–Kier alpha value is -0.0800. The third-order valence-corrected chi connectivity index (χ3v) is 3.64. The average molecular weight is 198 g/mol. The first-order valence-electron chi connectivity index (χ1n) is 6.18. The third-order valence-electron chi connectivity index (χ3n) is 3.64. The topological polar surface area (TPSA) is 29.3 Å². The summed E-state index contributed by atoms with van der Waals surface area (Å²) in [7, 11) is 0. The molecule has 2 N–H and O–H groups in total. The monoisotopic (exact) mass is 198 g/mol. The number of hydrogen-bond acceptors (Lipinski definition) is 2. The fourth-order valence-corrected chi connectivity index (χ4v) is 2.14. The van der Waals surface area contributed by atoms with Gasteiger partial charge >= 0.3 is 0 Å². The molecule has 1 aliphatic heterocycles. The van der Waals surface area contributed by atoms with Crippen LogP contribution in [0.25, 0.3) is 0 Å². The van der Waals surface area contributed by atoms with E-state index in [0.717, 1.165) is 18.4 Å². The highest BCUT2D eigenvalue weighted by Crippen LogP contribution is 2.17. The number of piperidine rings is 1. The van der Waals surface area contributed by atoms with E-state index in [1.165, 1.54) is 45.3 Å². The van der Waals surface area contributed by atoms with Crippen molar-refractivity contribution < 1.29 is 0 Å². The quantitative estimate of drug-likeness (QED) is 0.733. The van der Waals surface area contributed by atoms with Crippen molar-refractivity contribution in [1.82, 2.24) is 4.90 Å². The van der Waals surface area contributed by atoms with Gasteiger partial charge in [-0.15, -0.1) is 0 Å². The van der Waals surface area contributed by atoms with Gasteiger partial charge in [0.05, 0.1) is 0 Å². The molecule has 1 fully saturated rings. The van der Waals surface area contributed by atoms with Crippen molar-refractivity contribution in [3.8, 4) is 0 Å². The Labute approximate surface area is 88.8 Å². The molecule has 1 rings (SSSR count). The van der Waals surface area contributed by atoms with Gasteiger partial charge < -0.3 is 10.6 Å². The zero-order valence-electron chi connectivity index (χ0n) is 9.84. The Bertz CT molecular complexity index is 135. The molecular formula is C12H26N2. The van der Waals surface area contributed by atoms with Crippen molar-refractivity contribution in [2.45, 2.75) is 39.5 Å². The van der Waals surface area contributed by atoms with E-state index in [2.05, 4.69) is 18.7 Å². The summed E-state index contributed by atoms with van der Waals surface area (Å²) in [6.45, 7) is 9.36. The molecule has 0 bridgehead atoms. The lowest BCUT2D eigenvalue weighted by molar-refractivity contribution is 0.181. The molecule has 0 saturated carbocycles. The van der Waals surface area contributed by atoms with Crippen molar-refractivity contribution in [1.29, 1.82) is 0 Å². The fraction of sp³-hybridized carbons (Fsp3) is 1.00. The van der Waals surface area contributed by atoms with E-state index in [9.17, 15) is 0 Å². The highest BCUT2D eigenvalue weighted by Gasteiger charge is 2.16. The average Bonchev–Trinajstić information content (AvgIpc) is 2.22. The lowest BCUT2D eigenvalue weighted by Gasteiger charge is -2.31. The number of hydrogen-bond donors (Lipinski definition) is 1. The molecule has 0 aromatic heterocycles. The van der Waals surface area contributed by atoms with Gasteiger partial charge in [-0.2, -0.15) is 0 Å². The Morgan fingerprint density at radius 1 is 1.36 bits per heavy atom. The Kier molecular flexibility index (Phi) is 5.49. The van der Waals surface area contributed by atoms with Crippen LogP contribution in [0.1, 0.15) is 39.5 Å². The van der Waals surface area contributed by atoms with E-state index in [0.29, 0.717) is 0 Å². The molecule has 84 valence electrons. The van der Waals surface area contributed by atoms with E-state index in [4.69, 9.17) is 5.73 Å². The van der Waals surface area contributed by atoms with Crippen LogP contribution in [0.3, 0.4) is 0 Å². The minimum atomic E-state index is 0.745. The van der Waals surface area contributed by atoms with Crippen LogP contribution in [-0.2, 0) is 0 Å². The molecule has 0 aliphatic carbocycles. The summed E-state index contributed by atoms with van der Waals surface area (Å²) in [6.07, 6.45) is 5.31. The molecule has 0 radical (unpaired) electrons. The summed E-state index contributed by atoms with van der Waals surface area (Å²) in [5.74, 6) is 1.69. The highest BCUT2D eigenvalue weighted by molar-refractivity contribution is 4.70. The predicted octanol–water partition coefficient (Wildman–Crippen LogP) is 2.09. The Balaban J connectivity index is 2.12. The van der Waals surface area contributed by atoms with Crippen LogP contribution in [0.2, 0.25) is 0 Å². The van der Waals surface area contributed by atoms with Gasteiger partial charge in [0.25, 0.3) is 0 Å². The van der Waals surface area contributed by atoms with E-state index in [1.807, 2.05) is 0 Å².